The van der Waals surface area contributed by atoms with Crippen molar-refractivity contribution in [2.45, 2.75) is 39.7 Å². The van der Waals surface area contributed by atoms with Gasteiger partial charge in [0.25, 0.3) is 5.91 Å². The number of hydrogen-bond donors (Lipinski definition) is 1. The molecular formula is C12H22N2O. The van der Waals surface area contributed by atoms with E-state index in [1.54, 1.807) is 6.08 Å². The first-order valence-electron chi connectivity index (χ1n) is 5.36. The number of carbonyl (C=O) groups excluding carboxylic acids is 1. The minimum absolute atomic E-state index is 0.299. The summed E-state index contributed by atoms with van der Waals surface area (Å²) in [5.74, 6) is -0.396. The lowest BCUT2D eigenvalue weighted by Gasteiger charge is -2.27. The highest BCUT2D eigenvalue weighted by atomic mass is 16.1. The van der Waals surface area contributed by atoms with Crippen LogP contribution >= 0.6 is 0 Å². The molecule has 2 N–H and O–H groups in total. The van der Waals surface area contributed by atoms with E-state index in [-0.39, 0.29) is 0 Å². The fourth-order valence-corrected chi connectivity index (χ4v) is 1.15. The molecule has 0 saturated carbocycles. The summed E-state index contributed by atoms with van der Waals surface area (Å²) in [7, 11) is 1.88. The zero-order valence-electron chi connectivity index (χ0n) is 10.2. The molecule has 0 saturated heterocycles. The maximum atomic E-state index is 11.3. The van der Waals surface area contributed by atoms with Gasteiger partial charge in [0.15, 0.2) is 0 Å². The standard InChI is InChI=1S/C12H22N2O/c1-6-9(3)8-11(12(13)15)14(5)10(4)7-2/h8,10H,3,6-7H2,1-2,4-5H3,(H2,13,15)/b11-8-. The fraction of sp³-hybridized carbons (Fsp3) is 0.583. The molecule has 0 aromatic heterocycles. The van der Waals surface area contributed by atoms with Crippen molar-refractivity contribution < 1.29 is 4.79 Å². The van der Waals surface area contributed by atoms with Crippen LogP contribution in [-0.4, -0.2) is 23.9 Å². The summed E-state index contributed by atoms with van der Waals surface area (Å²) in [4.78, 5) is 13.2. The summed E-state index contributed by atoms with van der Waals surface area (Å²) >= 11 is 0. The van der Waals surface area contributed by atoms with Crippen LogP contribution in [0, 0.1) is 0 Å². The highest BCUT2D eigenvalue weighted by Crippen LogP contribution is 2.12. The van der Waals surface area contributed by atoms with Gasteiger partial charge in [-0.2, -0.15) is 0 Å². The third-order valence-electron chi connectivity index (χ3n) is 2.68. The van der Waals surface area contributed by atoms with Crippen molar-refractivity contribution in [2.75, 3.05) is 7.05 Å². The molecule has 3 heteroatoms. The highest BCUT2D eigenvalue weighted by molar-refractivity contribution is 5.91. The monoisotopic (exact) mass is 210 g/mol. The lowest BCUT2D eigenvalue weighted by molar-refractivity contribution is -0.116. The van der Waals surface area contributed by atoms with E-state index in [2.05, 4.69) is 20.4 Å². The van der Waals surface area contributed by atoms with E-state index in [1.807, 2.05) is 18.9 Å². The van der Waals surface area contributed by atoms with Crippen molar-refractivity contribution in [1.82, 2.24) is 4.90 Å². The van der Waals surface area contributed by atoms with Crippen LogP contribution in [0.1, 0.15) is 33.6 Å². The third-order valence-corrected chi connectivity index (χ3v) is 2.68. The molecule has 0 spiro atoms. The molecule has 1 atom stereocenters. The number of rotatable bonds is 6. The van der Waals surface area contributed by atoms with E-state index in [4.69, 9.17) is 5.73 Å². The summed E-state index contributed by atoms with van der Waals surface area (Å²) in [6.07, 6.45) is 3.57. The Morgan fingerprint density at radius 2 is 2.07 bits per heavy atom. The number of primary amides is 1. The maximum Gasteiger partial charge on any atom is 0.264 e. The van der Waals surface area contributed by atoms with Crippen LogP contribution in [0.3, 0.4) is 0 Å². The van der Waals surface area contributed by atoms with E-state index in [0.717, 1.165) is 18.4 Å². The Bertz CT molecular complexity index is 269. The Balaban J connectivity index is 4.89. The van der Waals surface area contributed by atoms with Gasteiger partial charge < -0.3 is 10.6 Å². The number of amides is 1. The molecule has 15 heavy (non-hydrogen) atoms. The molecule has 1 unspecified atom stereocenters. The van der Waals surface area contributed by atoms with Crippen LogP contribution in [0.25, 0.3) is 0 Å². The van der Waals surface area contributed by atoms with Crippen molar-refractivity contribution in [2.24, 2.45) is 5.73 Å². The Kier molecular flexibility index (Phi) is 5.75. The lowest BCUT2D eigenvalue weighted by Crippen LogP contribution is -2.34. The molecule has 0 rings (SSSR count). The van der Waals surface area contributed by atoms with Crippen LogP contribution in [0.5, 0.6) is 0 Å². The van der Waals surface area contributed by atoms with Gasteiger partial charge >= 0.3 is 0 Å². The molecule has 0 heterocycles. The van der Waals surface area contributed by atoms with Gasteiger partial charge in [-0.15, -0.1) is 0 Å². The van der Waals surface area contributed by atoms with Crippen LogP contribution < -0.4 is 5.73 Å². The Hall–Kier alpha value is -1.25. The molecule has 1 amide bonds. The predicted octanol–water partition coefficient (Wildman–Crippen LogP) is 2.05. The number of nitrogens with zero attached hydrogens (tertiary/aromatic N) is 1. The van der Waals surface area contributed by atoms with Gasteiger partial charge in [0.2, 0.25) is 0 Å². The first kappa shape index (κ1) is 13.8. The van der Waals surface area contributed by atoms with Crippen LogP contribution in [-0.2, 0) is 4.79 Å². The maximum absolute atomic E-state index is 11.3. The van der Waals surface area contributed by atoms with Gasteiger partial charge in [-0.25, -0.2) is 0 Å². The van der Waals surface area contributed by atoms with Crippen molar-refractivity contribution >= 4 is 5.91 Å². The Morgan fingerprint density at radius 1 is 1.53 bits per heavy atom. The number of hydrogen-bond acceptors (Lipinski definition) is 2. The first-order chi connectivity index (χ1) is 6.93. The summed E-state index contributed by atoms with van der Waals surface area (Å²) < 4.78 is 0. The molecule has 0 bridgehead atoms. The topological polar surface area (TPSA) is 46.3 Å². The quantitative estimate of drug-likeness (QED) is 0.539. The van der Waals surface area contributed by atoms with E-state index in [1.165, 1.54) is 0 Å². The van der Waals surface area contributed by atoms with Crippen LogP contribution in [0.2, 0.25) is 0 Å². The average molecular weight is 210 g/mol. The van der Waals surface area contributed by atoms with Crippen LogP contribution in [0.15, 0.2) is 23.9 Å². The van der Waals surface area contributed by atoms with Gasteiger partial charge in [0.05, 0.1) is 0 Å². The Morgan fingerprint density at radius 3 is 2.40 bits per heavy atom. The van der Waals surface area contributed by atoms with Gasteiger partial charge in [-0.3, -0.25) is 4.79 Å². The van der Waals surface area contributed by atoms with Crippen molar-refractivity contribution in [3.05, 3.63) is 23.9 Å². The smallest absolute Gasteiger partial charge is 0.264 e. The minimum Gasteiger partial charge on any atom is -0.367 e. The predicted molar refractivity (Wildman–Crippen MR) is 64.2 cm³/mol. The largest absolute Gasteiger partial charge is 0.367 e. The molecule has 0 radical (unpaired) electrons. The first-order valence-corrected chi connectivity index (χ1v) is 5.36. The molecule has 86 valence electrons. The highest BCUT2D eigenvalue weighted by Gasteiger charge is 2.15. The van der Waals surface area contributed by atoms with E-state index >= 15 is 0 Å². The normalized spacial score (nSPS) is 13.5. The Labute approximate surface area is 92.6 Å². The summed E-state index contributed by atoms with van der Waals surface area (Å²) in [6.45, 7) is 9.99. The van der Waals surface area contributed by atoms with E-state index in [9.17, 15) is 4.79 Å². The summed E-state index contributed by atoms with van der Waals surface area (Å²) in [6, 6.07) is 0.299. The lowest BCUT2D eigenvalue weighted by atomic mass is 10.1. The van der Waals surface area contributed by atoms with Gasteiger partial charge in [0.1, 0.15) is 5.70 Å². The number of allylic oxidation sites excluding steroid dienone is 2. The molecule has 0 aromatic rings. The number of likely N-dealkylation sites (N-methyl/N-ethyl adjacent to an activating group) is 1. The SMILES string of the molecule is C=C(/C=C(/C(N)=O)N(C)C(C)CC)CC. The van der Waals surface area contributed by atoms with E-state index in [0.29, 0.717) is 11.7 Å². The minimum atomic E-state index is -0.396. The fourth-order valence-electron chi connectivity index (χ4n) is 1.15. The van der Waals surface area contributed by atoms with Gasteiger partial charge in [-0.05, 0) is 25.8 Å². The second-order valence-electron chi connectivity index (χ2n) is 3.77. The van der Waals surface area contributed by atoms with Crippen LogP contribution in [0.4, 0.5) is 0 Å². The average Bonchev–Trinajstić information content (AvgIpc) is 2.22. The molecule has 0 aliphatic carbocycles. The zero-order chi connectivity index (χ0) is 12.0. The van der Waals surface area contributed by atoms with Crippen molar-refractivity contribution in [1.29, 1.82) is 0 Å². The molecule has 0 aromatic carbocycles. The number of carbonyl (C=O) groups is 1. The van der Waals surface area contributed by atoms with E-state index < -0.39 is 5.91 Å². The second-order valence-corrected chi connectivity index (χ2v) is 3.77. The molecule has 3 nitrogen and oxygen atoms in total. The second kappa shape index (κ2) is 6.27. The number of nitrogens with two attached hydrogens (primary N) is 1. The molecule has 0 fully saturated rings. The molecule has 0 aliphatic rings. The summed E-state index contributed by atoms with van der Waals surface area (Å²) in [5, 5.41) is 0. The van der Waals surface area contributed by atoms with Gasteiger partial charge in [-0.1, -0.05) is 26.0 Å². The van der Waals surface area contributed by atoms with Crippen molar-refractivity contribution in [3.8, 4) is 0 Å². The third kappa shape index (κ3) is 4.19. The zero-order valence-corrected chi connectivity index (χ0v) is 10.2. The van der Waals surface area contributed by atoms with Gasteiger partial charge in [0, 0.05) is 13.1 Å². The summed E-state index contributed by atoms with van der Waals surface area (Å²) in [5.41, 5.74) is 6.80. The van der Waals surface area contributed by atoms with Crippen molar-refractivity contribution in [3.63, 3.8) is 0 Å². The molecule has 0 aliphatic heterocycles. The molecular weight excluding hydrogens is 188 g/mol.